The summed E-state index contributed by atoms with van der Waals surface area (Å²) in [6.45, 7) is 4.96. The van der Waals surface area contributed by atoms with E-state index in [9.17, 15) is 4.79 Å². The smallest absolute Gasteiger partial charge is 0.233 e. The minimum absolute atomic E-state index is 0.0944. The minimum Gasteiger partial charge on any atom is -0.490 e. The van der Waals surface area contributed by atoms with Crippen LogP contribution in [-0.4, -0.2) is 53.1 Å². The van der Waals surface area contributed by atoms with Gasteiger partial charge in [0, 0.05) is 19.5 Å². The van der Waals surface area contributed by atoms with E-state index in [-0.39, 0.29) is 11.9 Å². The number of rotatable bonds is 6. The number of benzene rings is 1. The zero-order chi connectivity index (χ0) is 19.3. The molecule has 1 amide bonds. The summed E-state index contributed by atoms with van der Waals surface area (Å²) in [5.74, 6) is 2.09. The van der Waals surface area contributed by atoms with E-state index in [1.165, 1.54) is 23.1 Å². The van der Waals surface area contributed by atoms with Gasteiger partial charge in [-0.15, -0.1) is 10.2 Å². The molecule has 1 fully saturated rings. The van der Waals surface area contributed by atoms with Crippen LogP contribution in [0.1, 0.15) is 37.8 Å². The molecule has 2 aliphatic rings. The number of hydrogen-bond donors (Lipinski definition) is 1. The average molecular weight is 421 g/mol. The molecule has 0 radical (unpaired) electrons. The molecule has 1 aromatic heterocycles. The Morgan fingerprint density at radius 2 is 2.14 bits per heavy atom. The van der Waals surface area contributed by atoms with Gasteiger partial charge in [0.05, 0.1) is 25.0 Å². The highest BCUT2D eigenvalue weighted by atomic mass is 32.2. The summed E-state index contributed by atoms with van der Waals surface area (Å²) in [4.78, 5) is 14.9. The van der Waals surface area contributed by atoms with Gasteiger partial charge in [0.15, 0.2) is 15.8 Å². The van der Waals surface area contributed by atoms with Crippen molar-refractivity contribution in [1.82, 2.24) is 15.1 Å². The van der Waals surface area contributed by atoms with E-state index in [2.05, 4.69) is 21.6 Å². The number of nitrogens with one attached hydrogen (secondary N) is 1. The molecule has 2 aliphatic heterocycles. The Kier molecular flexibility index (Phi) is 6.21. The molecule has 0 bridgehead atoms. The quantitative estimate of drug-likeness (QED) is 0.716. The number of anilines is 1. The van der Waals surface area contributed by atoms with Gasteiger partial charge in [-0.1, -0.05) is 29.2 Å². The van der Waals surface area contributed by atoms with E-state index in [4.69, 9.17) is 9.47 Å². The minimum atomic E-state index is 0.0944. The zero-order valence-electron chi connectivity index (χ0n) is 15.8. The molecule has 150 valence electrons. The molecule has 0 aliphatic carbocycles. The van der Waals surface area contributed by atoms with Crippen LogP contribution in [0.15, 0.2) is 22.5 Å². The van der Waals surface area contributed by atoms with E-state index >= 15 is 0 Å². The highest BCUT2D eigenvalue weighted by Crippen LogP contribution is 2.38. The SMILES string of the molecule is CCNc1nnc(SCC(=O)N2CCC[C@@H]2c2ccc3c(c2)OCCCO3)s1. The van der Waals surface area contributed by atoms with Crippen molar-refractivity contribution in [3.8, 4) is 11.5 Å². The Labute approximate surface area is 172 Å². The summed E-state index contributed by atoms with van der Waals surface area (Å²) in [5, 5.41) is 12.2. The Balaban J connectivity index is 1.41. The predicted octanol–water partition coefficient (Wildman–Crippen LogP) is 3.59. The van der Waals surface area contributed by atoms with Gasteiger partial charge >= 0.3 is 0 Å². The third kappa shape index (κ3) is 4.35. The summed E-state index contributed by atoms with van der Waals surface area (Å²) in [6, 6.07) is 6.16. The number of amides is 1. The Morgan fingerprint density at radius 1 is 1.29 bits per heavy atom. The summed E-state index contributed by atoms with van der Waals surface area (Å²) >= 11 is 2.94. The first-order chi connectivity index (χ1) is 13.7. The topological polar surface area (TPSA) is 76.6 Å². The second-order valence-electron chi connectivity index (χ2n) is 6.69. The van der Waals surface area contributed by atoms with Crippen molar-refractivity contribution in [1.29, 1.82) is 0 Å². The lowest BCUT2D eigenvalue weighted by Gasteiger charge is -2.25. The first kappa shape index (κ1) is 19.3. The molecule has 28 heavy (non-hydrogen) atoms. The first-order valence-electron chi connectivity index (χ1n) is 9.64. The fourth-order valence-electron chi connectivity index (χ4n) is 3.50. The van der Waals surface area contributed by atoms with Crippen LogP contribution in [0, 0.1) is 0 Å². The first-order valence-corrected chi connectivity index (χ1v) is 11.4. The van der Waals surface area contributed by atoms with E-state index in [0.717, 1.165) is 58.9 Å². The molecule has 4 rings (SSSR count). The van der Waals surface area contributed by atoms with Gasteiger partial charge < -0.3 is 19.7 Å². The van der Waals surface area contributed by atoms with Gasteiger partial charge in [0.2, 0.25) is 11.0 Å². The van der Waals surface area contributed by atoms with Crippen molar-refractivity contribution < 1.29 is 14.3 Å². The number of aromatic nitrogens is 2. The maximum Gasteiger partial charge on any atom is 0.233 e. The molecule has 9 heteroatoms. The lowest BCUT2D eigenvalue weighted by Crippen LogP contribution is -2.32. The Morgan fingerprint density at radius 3 is 3.00 bits per heavy atom. The predicted molar refractivity (Wildman–Crippen MR) is 111 cm³/mol. The van der Waals surface area contributed by atoms with Gasteiger partial charge in [-0.05, 0) is 37.5 Å². The van der Waals surface area contributed by atoms with Crippen molar-refractivity contribution in [2.24, 2.45) is 0 Å². The van der Waals surface area contributed by atoms with Crippen molar-refractivity contribution >= 4 is 34.1 Å². The molecule has 2 aromatic rings. The molecule has 1 N–H and O–H groups in total. The fraction of sp³-hybridized carbons (Fsp3) is 0.526. The zero-order valence-corrected chi connectivity index (χ0v) is 17.5. The normalized spacial score (nSPS) is 18.8. The van der Waals surface area contributed by atoms with E-state index < -0.39 is 0 Å². The van der Waals surface area contributed by atoms with Crippen LogP contribution in [0.2, 0.25) is 0 Å². The molecule has 0 saturated carbocycles. The Bertz CT molecular complexity index is 829. The monoisotopic (exact) mass is 420 g/mol. The van der Waals surface area contributed by atoms with Crippen molar-refractivity contribution in [3.05, 3.63) is 23.8 Å². The number of carbonyl (C=O) groups is 1. The van der Waals surface area contributed by atoms with Gasteiger partial charge in [-0.3, -0.25) is 4.79 Å². The van der Waals surface area contributed by atoms with E-state index in [1.807, 2.05) is 24.0 Å². The molecule has 1 aromatic carbocycles. The van der Waals surface area contributed by atoms with E-state index in [0.29, 0.717) is 19.0 Å². The molecular weight excluding hydrogens is 396 g/mol. The van der Waals surface area contributed by atoms with Crippen LogP contribution in [-0.2, 0) is 4.79 Å². The summed E-state index contributed by atoms with van der Waals surface area (Å²) in [5.41, 5.74) is 1.12. The Hall–Kier alpha value is -2.00. The molecule has 1 atom stereocenters. The van der Waals surface area contributed by atoms with Crippen molar-refractivity contribution in [2.45, 2.75) is 36.6 Å². The van der Waals surface area contributed by atoms with Crippen LogP contribution < -0.4 is 14.8 Å². The number of hydrogen-bond acceptors (Lipinski definition) is 8. The maximum absolute atomic E-state index is 12.9. The van der Waals surface area contributed by atoms with Crippen molar-refractivity contribution in [3.63, 3.8) is 0 Å². The number of fused-ring (bicyclic) bond motifs is 1. The summed E-state index contributed by atoms with van der Waals surface area (Å²) in [6.07, 6.45) is 2.87. The lowest BCUT2D eigenvalue weighted by atomic mass is 10.0. The van der Waals surface area contributed by atoms with Gasteiger partial charge in [0.25, 0.3) is 0 Å². The van der Waals surface area contributed by atoms with E-state index in [1.54, 1.807) is 0 Å². The lowest BCUT2D eigenvalue weighted by molar-refractivity contribution is -0.129. The molecular formula is C19H24N4O3S2. The van der Waals surface area contributed by atoms with Gasteiger partial charge in [-0.25, -0.2) is 0 Å². The van der Waals surface area contributed by atoms with Gasteiger partial charge in [-0.2, -0.15) is 0 Å². The standard InChI is InChI=1S/C19H24N4O3S2/c1-2-20-18-21-22-19(28-18)27-12-17(24)23-8-3-5-14(23)13-6-7-15-16(11-13)26-10-4-9-25-15/h6-7,11,14H,2-5,8-10,12H2,1H3,(H,20,21)/t14-/m1/s1. The summed E-state index contributed by atoms with van der Waals surface area (Å²) < 4.78 is 12.4. The van der Waals surface area contributed by atoms with Crippen LogP contribution in [0.25, 0.3) is 0 Å². The molecule has 0 spiro atoms. The van der Waals surface area contributed by atoms with Gasteiger partial charge in [0.1, 0.15) is 0 Å². The van der Waals surface area contributed by atoms with Crippen LogP contribution in [0.3, 0.4) is 0 Å². The second-order valence-corrected chi connectivity index (χ2v) is 8.89. The summed E-state index contributed by atoms with van der Waals surface area (Å²) in [7, 11) is 0. The average Bonchev–Trinajstić information content (AvgIpc) is 3.31. The largest absolute Gasteiger partial charge is 0.490 e. The molecule has 0 unspecified atom stereocenters. The number of nitrogens with zero attached hydrogens (tertiary/aromatic N) is 3. The third-order valence-corrected chi connectivity index (χ3v) is 6.78. The number of likely N-dealkylation sites (tertiary alicyclic amines) is 1. The van der Waals surface area contributed by atoms with Crippen LogP contribution in [0.5, 0.6) is 11.5 Å². The van der Waals surface area contributed by atoms with Crippen LogP contribution >= 0.6 is 23.1 Å². The highest BCUT2D eigenvalue weighted by Gasteiger charge is 2.30. The fourth-order valence-corrected chi connectivity index (χ4v) is 5.20. The van der Waals surface area contributed by atoms with Crippen molar-refractivity contribution in [2.75, 3.05) is 37.4 Å². The third-order valence-electron chi connectivity index (χ3n) is 4.78. The number of ether oxygens (including phenoxy) is 2. The maximum atomic E-state index is 12.9. The molecule has 1 saturated heterocycles. The molecule has 7 nitrogen and oxygen atoms in total. The second kappa shape index (κ2) is 9.00. The van der Waals surface area contributed by atoms with Crippen LogP contribution in [0.4, 0.5) is 5.13 Å². The number of carbonyl (C=O) groups excluding carboxylic acids is 1. The number of thioether (sulfide) groups is 1. The molecule has 3 heterocycles. The highest BCUT2D eigenvalue weighted by molar-refractivity contribution is 8.01.